The molecular weight excluding hydrogens is 324 g/mol. The van der Waals surface area contributed by atoms with Gasteiger partial charge in [-0.05, 0) is 24.3 Å². The summed E-state index contributed by atoms with van der Waals surface area (Å²) in [5.74, 6) is 0.759. The molecule has 0 aliphatic carbocycles. The quantitative estimate of drug-likeness (QED) is 0.718. The Hall–Kier alpha value is -3.39. The summed E-state index contributed by atoms with van der Waals surface area (Å²) in [5.41, 5.74) is 2.17. The molecule has 1 fully saturated rings. The first-order valence-electron chi connectivity index (χ1n) is 8.65. The van der Waals surface area contributed by atoms with E-state index >= 15 is 0 Å². The van der Waals surface area contributed by atoms with Crippen molar-refractivity contribution >= 4 is 22.6 Å². The van der Waals surface area contributed by atoms with Crippen molar-refractivity contribution < 1.29 is 4.79 Å². The summed E-state index contributed by atoms with van der Waals surface area (Å²) in [5, 5.41) is 10.5. The summed E-state index contributed by atoms with van der Waals surface area (Å²) < 4.78 is 0. The Morgan fingerprint density at radius 3 is 2.38 bits per heavy atom. The molecule has 0 saturated carbocycles. The van der Waals surface area contributed by atoms with Gasteiger partial charge in [0.15, 0.2) is 0 Å². The average molecular weight is 342 g/mol. The summed E-state index contributed by atoms with van der Waals surface area (Å²) in [6.45, 7) is 2.57. The fourth-order valence-electron chi connectivity index (χ4n) is 3.31. The highest BCUT2D eigenvalue weighted by Gasteiger charge is 2.24. The average Bonchev–Trinajstić information content (AvgIpc) is 2.73. The van der Waals surface area contributed by atoms with Crippen LogP contribution in [0.15, 0.2) is 60.7 Å². The molecule has 3 aromatic rings. The Bertz CT molecular complexity index is 986. The molecule has 2 aromatic carbocycles. The number of benzene rings is 2. The van der Waals surface area contributed by atoms with E-state index in [1.807, 2.05) is 65.6 Å². The Morgan fingerprint density at radius 2 is 1.65 bits per heavy atom. The number of amides is 1. The van der Waals surface area contributed by atoms with Crippen LogP contribution in [0.25, 0.3) is 10.9 Å². The van der Waals surface area contributed by atoms with Gasteiger partial charge in [0.2, 0.25) is 0 Å². The third kappa shape index (κ3) is 2.98. The Morgan fingerprint density at radius 1 is 0.962 bits per heavy atom. The fraction of sp³-hybridized carbons (Fsp3) is 0.190. The van der Waals surface area contributed by atoms with Gasteiger partial charge in [-0.25, -0.2) is 4.98 Å². The number of aromatic nitrogens is 1. The van der Waals surface area contributed by atoms with Crippen LogP contribution in [0.5, 0.6) is 0 Å². The summed E-state index contributed by atoms with van der Waals surface area (Å²) in [6.07, 6.45) is 0. The summed E-state index contributed by atoms with van der Waals surface area (Å²) in [6, 6.07) is 21.3. The lowest BCUT2D eigenvalue weighted by Crippen LogP contribution is -2.49. The zero-order valence-electron chi connectivity index (χ0n) is 14.3. The molecule has 5 nitrogen and oxygen atoms in total. The minimum Gasteiger partial charge on any atom is -0.352 e. The lowest BCUT2D eigenvalue weighted by atomic mass is 10.1. The van der Waals surface area contributed by atoms with E-state index in [9.17, 15) is 10.1 Å². The monoisotopic (exact) mass is 342 g/mol. The van der Waals surface area contributed by atoms with E-state index in [4.69, 9.17) is 4.98 Å². The van der Waals surface area contributed by atoms with Crippen molar-refractivity contribution in [3.05, 3.63) is 71.8 Å². The van der Waals surface area contributed by atoms with Crippen LogP contribution < -0.4 is 4.90 Å². The van der Waals surface area contributed by atoms with Crippen molar-refractivity contribution in [1.29, 1.82) is 5.26 Å². The minimum absolute atomic E-state index is 0.0530. The van der Waals surface area contributed by atoms with Crippen molar-refractivity contribution in [3.63, 3.8) is 0 Å². The first-order valence-corrected chi connectivity index (χ1v) is 8.65. The summed E-state index contributed by atoms with van der Waals surface area (Å²) in [4.78, 5) is 21.2. The number of carbonyl (C=O) groups excluding carboxylic acids is 1. The SMILES string of the molecule is N#Cc1cc2ccccc2nc1N1CCN(C(=O)c2ccccc2)CC1. The molecule has 4 rings (SSSR count). The molecule has 0 N–H and O–H groups in total. The highest BCUT2D eigenvalue weighted by atomic mass is 16.2. The standard InChI is InChI=1S/C21H18N4O/c22-15-18-14-17-8-4-5-9-19(17)23-20(18)24-10-12-25(13-11-24)21(26)16-6-2-1-3-7-16/h1-9,14H,10-13H2. The third-order valence-corrected chi connectivity index (χ3v) is 4.71. The lowest BCUT2D eigenvalue weighted by molar-refractivity contribution is 0.0746. The molecule has 1 saturated heterocycles. The zero-order chi connectivity index (χ0) is 17.9. The van der Waals surface area contributed by atoms with E-state index in [-0.39, 0.29) is 5.91 Å². The molecule has 0 atom stereocenters. The highest BCUT2D eigenvalue weighted by Crippen LogP contribution is 2.24. The minimum atomic E-state index is 0.0530. The first kappa shape index (κ1) is 16.1. The van der Waals surface area contributed by atoms with E-state index < -0.39 is 0 Å². The molecule has 128 valence electrons. The second kappa shape index (κ2) is 6.85. The number of hydrogen-bond donors (Lipinski definition) is 0. The van der Waals surface area contributed by atoms with Gasteiger partial charge in [0, 0.05) is 37.1 Å². The maximum Gasteiger partial charge on any atom is 0.253 e. The normalized spacial score (nSPS) is 14.3. The van der Waals surface area contributed by atoms with Crippen LogP contribution in [-0.2, 0) is 0 Å². The van der Waals surface area contributed by atoms with Gasteiger partial charge in [0.25, 0.3) is 5.91 Å². The largest absolute Gasteiger partial charge is 0.352 e. The van der Waals surface area contributed by atoms with Crippen LogP contribution in [0.2, 0.25) is 0 Å². The smallest absolute Gasteiger partial charge is 0.253 e. The van der Waals surface area contributed by atoms with Gasteiger partial charge in [-0.1, -0.05) is 36.4 Å². The maximum absolute atomic E-state index is 12.6. The van der Waals surface area contributed by atoms with E-state index in [0.717, 1.165) is 10.9 Å². The zero-order valence-corrected chi connectivity index (χ0v) is 14.3. The predicted molar refractivity (Wildman–Crippen MR) is 101 cm³/mol. The van der Waals surface area contributed by atoms with Crippen LogP contribution in [0.3, 0.4) is 0 Å². The number of anilines is 1. The molecule has 1 aromatic heterocycles. The topological polar surface area (TPSA) is 60.2 Å². The van der Waals surface area contributed by atoms with E-state index in [0.29, 0.717) is 43.1 Å². The predicted octanol–water partition coefficient (Wildman–Crippen LogP) is 3.07. The van der Waals surface area contributed by atoms with Crippen molar-refractivity contribution in [2.45, 2.75) is 0 Å². The molecule has 0 spiro atoms. The number of fused-ring (bicyclic) bond motifs is 1. The van der Waals surface area contributed by atoms with Crippen LogP contribution in [0.1, 0.15) is 15.9 Å². The molecule has 0 bridgehead atoms. The lowest BCUT2D eigenvalue weighted by Gasteiger charge is -2.35. The number of para-hydroxylation sites is 1. The highest BCUT2D eigenvalue weighted by molar-refractivity contribution is 5.94. The third-order valence-electron chi connectivity index (χ3n) is 4.71. The van der Waals surface area contributed by atoms with Crippen LogP contribution >= 0.6 is 0 Å². The van der Waals surface area contributed by atoms with Gasteiger partial charge in [0.1, 0.15) is 11.9 Å². The van der Waals surface area contributed by atoms with Crippen LogP contribution in [0.4, 0.5) is 5.82 Å². The fourth-order valence-corrected chi connectivity index (χ4v) is 3.31. The molecule has 1 amide bonds. The van der Waals surface area contributed by atoms with Gasteiger partial charge in [-0.15, -0.1) is 0 Å². The number of nitrogens with zero attached hydrogens (tertiary/aromatic N) is 4. The number of pyridine rings is 1. The first-order chi connectivity index (χ1) is 12.8. The Kier molecular flexibility index (Phi) is 4.24. The van der Waals surface area contributed by atoms with Gasteiger partial charge in [-0.3, -0.25) is 4.79 Å². The van der Waals surface area contributed by atoms with Gasteiger partial charge >= 0.3 is 0 Å². The molecule has 1 aliphatic heterocycles. The summed E-state index contributed by atoms with van der Waals surface area (Å²) in [7, 11) is 0. The van der Waals surface area contributed by atoms with Crippen LogP contribution in [0, 0.1) is 11.3 Å². The number of hydrogen-bond acceptors (Lipinski definition) is 4. The second-order valence-electron chi connectivity index (χ2n) is 6.31. The van der Waals surface area contributed by atoms with Crippen molar-refractivity contribution in [2.75, 3.05) is 31.1 Å². The number of carbonyl (C=O) groups is 1. The number of rotatable bonds is 2. The molecule has 0 radical (unpaired) electrons. The maximum atomic E-state index is 12.6. The van der Waals surface area contributed by atoms with Crippen molar-refractivity contribution in [2.24, 2.45) is 0 Å². The van der Waals surface area contributed by atoms with Gasteiger partial charge < -0.3 is 9.80 Å². The second-order valence-corrected chi connectivity index (χ2v) is 6.31. The molecule has 5 heteroatoms. The van der Waals surface area contributed by atoms with Crippen LogP contribution in [-0.4, -0.2) is 42.0 Å². The number of nitriles is 1. The molecule has 0 unspecified atom stereocenters. The van der Waals surface area contributed by atoms with E-state index in [1.54, 1.807) is 0 Å². The Balaban J connectivity index is 1.54. The Labute approximate surface area is 152 Å². The molecule has 26 heavy (non-hydrogen) atoms. The van der Waals surface area contributed by atoms with Gasteiger partial charge in [0.05, 0.1) is 11.1 Å². The van der Waals surface area contributed by atoms with Crippen molar-refractivity contribution in [1.82, 2.24) is 9.88 Å². The summed E-state index contributed by atoms with van der Waals surface area (Å²) >= 11 is 0. The molecule has 2 heterocycles. The van der Waals surface area contributed by atoms with Crippen molar-refractivity contribution in [3.8, 4) is 6.07 Å². The molecule has 1 aliphatic rings. The van der Waals surface area contributed by atoms with E-state index in [1.165, 1.54) is 0 Å². The van der Waals surface area contributed by atoms with Gasteiger partial charge in [-0.2, -0.15) is 5.26 Å². The molecular formula is C21H18N4O. The number of piperazine rings is 1. The van der Waals surface area contributed by atoms with E-state index in [2.05, 4.69) is 11.0 Å².